The molecule has 3 rings (SSSR count). The highest BCUT2D eigenvalue weighted by molar-refractivity contribution is 5.98. The van der Waals surface area contributed by atoms with Gasteiger partial charge in [0.25, 0.3) is 0 Å². The minimum atomic E-state index is -0.0197. The lowest BCUT2D eigenvalue weighted by Gasteiger charge is -2.43. The van der Waals surface area contributed by atoms with Crippen LogP contribution in [0.25, 0.3) is 0 Å². The van der Waals surface area contributed by atoms with Gasteiger partial charge in [-0.1, -0.05) is 6.07 Å². The van der Waals surface area contributed by atoms with E-state index in [0.717, 1.165) is 44.2 Å². The van der Waals surface area contributed by atoms with Crippen molar-refractivity contribution < 1.29 is 9.53 Å². The molecule has 2 fully saturated rings. The summed E-state index contributed by atoms with van der Waals surface area (Å²) in [6, 6.07) is 7.68. The number of nitrogens with zero attached hydrogens (tertiary/aromatic N) is 2. The van der Waals surface area contributed by atoms with Crippen LogP contribution in [0.5, 0.6) is 5.75 Å². The molecule has 5 nitrogen and oxygen atoms in total. The van der Waals surface area contributed by atoms with Crippen molar-refractivity contribution in [1.82, 2.24) is 10.2 Å². The number of fused-ring (bicyclic) bond motifs is 1. The monoisotopic (exact) mass is 261 g/mol. The lowest BCUT2D eigenvalue weighted by molar-refractivity contribution is -0.126. The molecule has 0 bridgehead atoms. The highest BCUT2D eigenvalue weighted by Crippen LogP contribution is 2.24. The molecule has 5 heteroatoms. The molecule has 2 saturated heterocycles. The Labute approximate surface area is 113 Å². The van der Waals surface area contributed by atoms with E-state index >= 15 is 0 Å². The van der Waals surface area contributed by atoms with Crippen LogP contribution in [0.15, 0.2) is 24.3 Å². The molecule has 1 aromatic rings. The van der Waals surface area contributed by atoms with Crippen molar-refractivity contribution in [2.24, 2.45) is 0 Å². The summed E-state index contributed by atoms with van der Waals surface area (Å²) >= 11 is 0. The minimum absolute atomic E-state index is 0.0197. The zero-order chi connectivity index (χ0) is 13.2. The van der Waals surface area contributed by atoms with Gasteiger partial charge < -0.3 is 15.0 Å². The van der Waals surface area contributed by atoms with E-state index < -0.39 is 0 Å². The summed E-state index contributed by atoms with van der Waals surface area (Å²) in [5.74, 6) is 0.973. The second-order valence-electron chi connectivity index (χ2n) is 4.95. The van der Waals surface area contributed by atoms with Crippen molar-refractivity contribution in [1.29, 1.82) is 0 Å². The largest absolute Gasteiger partial charge is 0.497 e. The molecule has 1 N–H and O–H groups in total. The number of carbonyl (C=O) groups is 1. The van der Waals surface area contributed by atoms with E-state index in [1.807, 2.05) is 29.2 Å². The zero-order valence-electron chi connectivity index (χ0n) is 11.1. The average Bonchev–Trinajstić information content (AvgIpc) is 2.48. The molecule has 19 heavy (non-hydrogen) atoms. The van der Waals surface area contributed by atoms with Crippen LogP contribution in [-0.2, 0) is 4.79 Å². The molecule has 1 unspecified atom stereocenters. The molecule has 2 heterocycles. The first-order chi connectivity index (χ1) is 9.29. The van der Waals surface area contributed by atoms with Crippen molar-refractivity contribution in [3.8, 4) is 5.75 Å². The van der Waals surface area contributed by atoms with Crippen LogP contribution in [0.3, 0.4) is 0 Å². The highest BCUT2D eigenvalue weighted by atomic mass is 16.5. The molecule has 1 amide bonds. The van der Waals surface area contributed by atoms with E-state index in [9.17, 15) is 4.79 Å². The molecular formula is C14H19N3O2. The topological polar surface area (TPSA) is 44.8 Å². The third-order valence-electron chi connectivity index (χ3n) is 3.88. The lowest BCUT2D eigenvalue weighted by atomic mass is 10.1. The molecule has 2 aliphatic heterocycles. The van der Waals surface area contributed by atoms with Crippen LogP contribution in [0.2, 0.25) is 0 Å². The minimum Gasteiger partial charge on any atom is -0.497 e. The summed E-state index contributed by atoms with van der Waals surface area (Å²) in [6.07, 6.45) is 0. The van der Waals surface area contributed by atoms with Crippen molar-refractivity contribution in [3.63, 3.8) is 0 Å². The van der Waals surface area contributed by atoms with Crippen molar-refractivity contribution in [2.45, 2.75) is 6.04 Å². The Balaban J connectivity index is 1.83. The second kappa shape index (κ2) is 5.19. The third-order valence-corrected chi connectivity index (χ3v) is 3.88. The Morgan fingerprint density at radius 2 is 2.21 bits per heavy atom. The molecule has 2 aliphatic rings. The number of hydrogen-bond acceptors (Lipinski definition) is 4. The van der Waals surface area contributed by atoms with Gasteiger partial charge >= 0.3 is 0 Å². The summed E-state index contributed by atoms with van der Waals surface area (Å²) in [5, 5.41) is 3.30. The number of piperazine rings is 2. The van der Waals surface area contributed by atoms with Crippen LogP contribution in [0.4, 0.5) is 5.69 Å². The standard InChI is InChI=1S/C14H19N3O2/c1-19-12-4-2-3-11(9-12)17-8-7-16-6-5-15-10-13(16)14(17)18/h2-4,9,13,15H,5-8,10H2,1H3. The van der Waals surface area contributed by atoms with Crippen LogP contribution in [0.1, 0.15) is 0 Å². The maximum atomic E-state index is 12.6. The molecular weight excluding hydrogens is 242 g/mol. The predicted molar refractivity (Wildman–Crippen MR) is 73.6 cm³/mol. The quantitative estimate of drug-likeness (QED) is 0.832. The number of rotatable bonds is 2. The Morgan fingerprint density at radius 1 is 1.32 bits per heavy atom. The molecule has 102 valence electrons. The maximum Gasteiger partial charge on any atom is 0.245 e. The second-order valence-corrected chi connectivity index (χ2v) is 4.95. The molecule has 0 aromatic heterocycles. The lowest BCUT2D eigenvalue weighted by Crippen LogP contribution is -2.64. The summed E-state index contributed by atoms with van der Waals surface area (Å²) in [4.78, 5) is 16.7. The zero-order valence-corrected chi connectivity index (χ0v) is 11.1. The Bertz CT molecular complexity index is 478. The van der Waals surface area contributed by atoms with Gasteiger partial charge in [0.1, 0.15) is 11.8 Å². The number of hydrogen-bond donors (Lipinski definition) is 1. The van der Waals surface area contributed by atoms with Gasteiger partial charge in [-0.15, -0.1) is 0 Å². The van der Waals surface area contributed by atoms with Gasteiger partial charge in [0.15, 0.2) is 0 Å². The van der Waals surface area contributed by atoms with Crippen molar-refractivity contribution >= 4 is 11.6 Å². The van der Waals surface area contributed by atoms with Gasteiger partial charge in [-0.2, -0.15) is 0 Å². The van der Waals surface area contributed by atoms with Gasteiger partial charge in [-0.25, -0.2) is 0 Å². The first-order valence-corrected chi connectivity index (χ1v) is 6.70. The smallest absolute Gasteiger partial charge is 0.245 e. The highest BCUT2D eigenvalue weighted by Gasteiger charge is 2.36. The summed E-state index contributed by atoms with van der Waals surface area (Å²) in [6.45, 7) is 4.38. The first kappa shape index (κ1) is 12.4. The van der Waals surface area contributed by atoms with E-state index in [-0.39, 0.29) is 11.9 Å². The summed E-state index contributed by atoms with van der Waals surface area (Å²) in [7, 11) is 1.64. The van der Waals surface area contributed by atoms with Crippen LogP contribution in [0, 0.1) is 0 Å². The van der Waals surface area contributed by atoms with Gasteiger partial charge in [0.2, 0.25) is 5.91 Å². The van der Waals surface area contributed by atoms with E-state index in [1.165, 1.54) is 0 Å². The van der Waals surface area contributed by atoms with Gasteiger partial charge in [0, 0.05) is 44.5 Å². The number of ether oxygens (including phenoxy) is 1. The number of nitrogens with one attached hydrogen (secondary N) is 1. The summed E-state index contributed by atoms with van der Waals surface area (Å²) < 4.78 is 5.23. The number of carbonyl (C=O) groups excluding carboxylic acids is 1. The van der Waals surface area contributed by atoms with Gasteiger partial charge in [-0.05, 0) is 12.1 Å². The predicted octanol–water partition coefficient (Wildman–Crippen LogP) is 0.316. The average molecular weight is 261 g/mol. The van der Waals surface area contributed by atoms with E-state index in [0.29, 0.717) is 0 Å². The molecule has 0 aliphatic carbocycles. The molecule has 0 saturated carbocycles. The third kappa shape index (κ3) is 2.31. The SMILES string of the molecule is COc1cccc(N2CCN3CCNCC3C2=O)c1. The van der Waals surface area contributed by atoms with Crippen molar-refractivity contribution in [3.05, 3.63) is 24.3 Å². The van der Waals surface area contributed by atoms with E-state index in [2.05, 4.69) is 10.2 Å². The van der Waals surface area contributed by atoms with Crippen molar-refractivity contribution in [2.75, 3.05) is 44.7 Å². The maximum absolute atomic E-state index is 12.6. The number of anilines is 1. The van der Waals surface area contributed by atoms with E-state index in [4.69, 9.17) is 4.74 Å². The summed E-state index contributed by atoms with van der Waals surface area (Å²) in [5.41, 5.74) is 0.926. The van der Waals surface area contributed by atoms with Crippen LogP contribution < -0.4 is 15.0 Å². The number of methoxy groups -OCH3 is 1. The fourth-order valence-corrected chi connectivity index (χ4v) is 2.81. The van der Waals surface area contributed by atoms with Crippen LogP contribution in [-0.4, -0.2) is 56.7 Å². The Morgan fingerprint density at radius 3 is 3.05 bits per heavy atom. The molecule has 1 aromatic carbocycles. The molecule has 1 atom stereocenters. The van der Waals surface area contributed by atoms with E-state index in [1.54, 1.807) is 7.11 Å². The first-order valence-electron chi connectivity index (χ1n) is 6.70. The fraction of sp³-hybridized carbons (Fsp3) is 0.500. The molecule has 0 spiro atoms. The fourth-order valence-electron chi connectivity index (χ4n) is 2.81. The number of amides is 1. The number of benzene rings is 1. The molecule has 0 radical (unpaired) electrons. The van der Waals surface area contributed by atoms with Gasteiger partial charge in [0.05, 0.1) is 7.11 Å². The Kier molecular flexibility index (Phi) is 3.40. The Hall–Kier alpha value is -1.59. The normalized spacial score (nSPS) is 24.2. The van der Waals surface area contributed by atoms with Gasteiger partial charge in [-0.3, -0.25) is 9.69 Å². The van der Waals surface area contributed by atoms with Crippen LogP contribution >= 0.6 is 0 Å².